The van der Waals surface area contributed by atoms with Gasteiger partial charge in [-0.25, -0.2) is 0 Å². The summed E-state index contributed by atoms with van der Waals surface area (Å²) >= 11 is 0. The zero-order valence-electron chi connectivity index (χ0n) is 16.5. The first-order chi connectivity index (χ1) is 14.2. The van der Waals surface area contributed by atoms with Gasteiger partial charge in [0.1, 0.15) is 30.8 Å². The average Bonchev–Trinajstić information content (AvgIpc) is 3.63. The number of epoxide rings is 1. The first-order valence-corrected chi connectivity index (χ1v) is 9.38. The third kappa shape index (κ3) is 4.97. The summed E-state index contributed by atoms with van der Waals surface area (Å²) in [5.41, 5.74) is 2.92. The van der Waals surface area contributed by atoms with Crippen LogP contribution < -0.4 is 18.9 Å². The summed E-state index contributed by atoms with van der Waals surface area (Å²) in [5.74, 6) is 2.87. The molecule has 2 heterocycles. The zero-order valence-corrected chi connectivity index (χ0v) is 16.5. The van der Waals surface area contributed by atoms with E-state index in [2.05, 4.69) is 4.98 Å². The van der Waals surface area contributed by atoms with Crippen LogP contribution in [0.2, 0.25) is 0 Å². The third-order valence-corrected chi connectivity index (χ3v) is 4.62. The van der Waals surface area contributed by atoms with Gasteiger partial charge in [0.05, 0.1) is 32.7 Å². The highest BCUT2D eigenvalue weighted by Gasteiger charge is 2.27. The van der Waals surface area contributed by atoms with Gasteiger partial charge in [-0.3, -0.25) is 4.98 Å². The molecule has 1 aromatic heterocycles. The second kappa shape index (κ2) is 8.84. The number of hydrogen-bond donors (Lipinski definition) is 0. The standard InChI is InChI=1S/C23H23NO5/c1-25-18-7-3-16(4-8-18)13-27-21-11-20(23-15-29-23)24-12-22(21)28-14-17-5-9-19(26-2)10-6-17/h3-12,23H,13-15H2,1-2H3. The van der Waals surface area contributed by atoms with E-state index in [1.165, 1.54) is 0 Å². The van der Waals surface area contributed by atoms with Gasteiger partial charge in [0.15, 0.2) is 11.5 Å². The van der Waals surface area contributed by atoms with Crippen molar-refractivity contribution in [2.24, 2.45) is 0 Å². The lowest BCUT2D eigenvalue weighted by atomic mass is 10.2. The minimum Gasteiger partial charge on any atom is -0.497 e. The molecule has 1 aliphatic heterocycles. The summed E-state index contributed by atoms with van der Waals surface area (Å²) in [5, 5.41) is 0. The molecule has 0 N–H and O–H groups in total. The lowest BCUT2D eigenvalue weighted by Crippen LogP contribution is -2.02. The molecule has 4 rings (SSSR count). The van der Waals surface area contributed by atoms with Crippen LogP contribution in [0.15, 0.2) is 60.8 Å². The normalized spacial score (nSPS) is 14.9. The maximum atomic E-state index is 6.06. The van der Waals surface area contributed by atoms with E-state index in [0.717, 1.165) is 28.3 Å². The number of rotatable bonds is 9. The monoisotopic (exact) mass is 393 g/mol. The number of benzene rings is 2. The second-order valence-electron chi connectivity index (χ2n) is 6.65. The molecular formula is C23H23NO5. The Hall–Kier alpha value is -3.25. The van der Waals surface area contributed by atoms with E-state index in [-0.39, 0.29) is 6.10 Å². The van der Waals surface area contributed by atoms with Gasteiger partial charge in [0.2, 0.25) is 0 Å². The molecular weight excluding hydrogens is 370 g/mol. The Labute approximate surface area is 170 Å². The Morgan fingerprint density at radius 2 is 1.34 bits per heavy atom. The molecule has 1 saturated heterocycles. The van der Waals surface area contributed by atoms with Gasteiger partial charge >= 0.3 is 0 Å². The highest BCUT2D eigenvalue weighted by Crippen LogP contribution is 2.35. The number of methoxy groups -OCH3 is 2. The number of pyridine rings is 1. The minimum absolute atomic E-state index is 0.0500. The van der Waals surface area contributed by atoms with Crippen molar-refractivity contribution in [1.29, 1.82) is 0 Å². The highest BCUT2D eigenvalue weighted by molar-refractivity contribution is 5.41. The van der Waals surface area contributed by atoms with E-state index in [4.69, 9.17) is 23.7 Å². The quantitative estimate of drug-likeness (QED) is 0.504. The van der Waals surface area contributed by atoms with Gasteiger partial charge < -0.3 is 23.7 Å². The maximum Gasteiger partial charge on any atom is 0.179 e. The molecule has 0 amide bonds. The van der Waals surface area contributed by atoms with Gasteiger partial charge in [-0.15, -0.1) is 0 Å². The van der Waals surface area contributed by atoms with Crippen LogP contribution in [-0.4, -0.2) is 25.8 Å². The Kier molecular flexibility index (Phi) is 5.81. The first-order valence-electron chi connectivity index (χ1n) is 9.38. The average molecular weight is 393 g/mol. The molecule has 0 saturated carbocycles. The summed E-state index contributed by atoms with van der Waals surface area (Å²) in [4.78, 5) is 4.45. The van der Waals surface area contributed by atoms with E-state index in [0.29, 0.717) is 31.3 Å². The largest absolute Gasteiger partial charge is 0.497 e. The van der Waals surface area contributed by atoms with Crippen LogP contribution in [0, 0.1) is 0 Å². The molecule has 0 aliphatic carbocycles. The third-order valence-electron chi connectivity index (χ3n) is 4.62. The molecule has 1 fully saturated rings. The number of nitrogens with zero attached hydrogens (tertiary/aromatic N) is 1. The summed E-state index contributed by atoms with van der Waals surface area (Å²) in [6, 6.07) is 17.4. The lowest BCUT2D eigenvalue weighted by molar-refractivity contribution is 0.254. The summed E-state index contributed by atoms with van der Waals surface area (Å²) in [6.45, 7) is 1.51. The highest BCUT2D eigenvalue weighted by atomic mass is 16.6. The molecule has 6 heteroatoms. The predicted molar refractivity (Wildman–Crippen MR) is 108 cm³/mol. The lowest BCUT2D eigenvalue weighted by Gasteiger charge is -2.14. The molecule has 150 valence electrons. The summed E-state index contributed by atoms with van der Waals surface area (Å²) in [7, 11) is 3.30. The fourth-order valence-corrected chi connectivity index (χ4v) is 2.82. The van der Waals surface area contributed by atoms with Crippen LogP contribution >= 0.6 is 0 Å². The molecule has 0 spiro atoms. The molecule has 2 aromatic carbocycles. The van der Waals surface area contributed by atoms with Crippen LogP contribution in [0.25, 0.3) is 0 Å². The minimum atomic E-state index is 0.0500. The Morgan fingerprint density at radius 1 is 0.828 bits per heavy atom. The van der Waals surface area contributed by atoms with Gasteiger partial charge in [0, 0.05) is 6.07 Å². The van der Waals surface area contributed by atoms with Crippen molar-refractivity contribution in [1.82, 2.24) is 4.98 Å². The first kappa shape index (κ1) is 19.1. The van der Waals surface area contributed by atoms with Gasteiger partial charge in [-0.05, 0) is 35.4 Å². The van der Waals surface area contributed by atoms with Crippen molar-refractivity contribution in [2.45, 2.75) is 19.3 Å². The van der Waals surface area contributed by atoms with E-state index in [9.17, 15) is 0 Å². The smallest absolute Gasteiger partial charge is 0.179 e. The van der Waals surface area contributed by atoms with Gasteiger partial charge in [-0.1, -0.05) is 24.3 Å². The van der Waals surface area contributed by atoms with Crippen LogP contribution in [0.3, 0.4) is 0 Å². The van der Waals surface area contributed by atoms with E-state index in [1.807, 2.05) is 54.6 Å². The molecule has 1 atom stereocenters. The van der Waals surface area contributed by atoms with Crippen LogP contribution in [0.4, 0.5) is 0 Å². The summed E-state index contributed by atoms with van der Waals surface area (Å²) < 4.78 is 27.8. The fourth-order valence-electron chi connectivity index (χ4n) is 2.82. The molecule has 0 bridgehead atoms. The van der Waals surface area contributed by atoms with Crippen molar-refractivity contribution in [3.63, 3.8) is 0 Å². The van der Waals surface area contributed by atoms with Crippen molar-refractivity contribution in [2.75, 3.05) is 20.8 Å². The predicted octanol–water partition coefficient (Wildman–Crippen LogP) is 4.33. The SMILES string of the molecule is COc1ccc(COc2cnc(C3CO3)cc2OCc2ccc(OC)cc2)cc1. The molecule has 0 radical (unpaired) electrons. The molecule has 1 unspecified atom stereocenters. The fraction of sp³-hybridized carbons (Fsp3) is 0.261. The Balaban J connectivity index is 1.46. The molecule has 3 aromatic rings. The van der Waals surface area contributed by atoms with E-state index >= 15 is 0 Å². The number of ether oxygens (including phenoxy) is 5. The second-order valence-corrected chi connectivity index (χ2v) is 6.65. The van der Waals surface area contributed by atoms with Crippen molar-refractivity contribution in [3.8, 4) is 23.0 Å². The zero-order chi connectivity index (χ0) is 20.1. The van der Waals surface area contributed by atoms with Gasteiger partial charge in [-0.2, -0.15) is 0 Å². The Bertz CT molecular complexity index is 936. The topological polar surface area (TPSA) is 62.3 Å². The van der Waals surface area contributed by atoms with Gasteiger partial charge in [0.25, 0.3) is 0 Å². The Morgan fingerprint density at radius 3 is 1.83 bits per heavy atom. The van der Waals surface area contributed by atoms with E-state index < -0.39 is 0 Å². The van der Waals surface area contributed by atoms with Crippen LogP contribution in [-0.2, 0) is 18.0 Å². The van der Waals surface area contributed by atoms with Crippen molar-refractivity contribution < 1.29 is 23.7 Å². The molecule has 6 nitrogen and oxygen atoms in total. The molecule has 1 aliphatic rings. The van der Waals surface area contributed by atoms with Crippen LogP contribution in [0.1, 0.15) is 22.9 Å². The maximum absolute atomic E-state index is 6.06. The number of hydrogen-bond acceptors (Lipinski definition) is 6. The van der Waals surface area contributed by atoms with Crippen molar-refractivity contribution >= 4 is 0 Å². The summed E-state index contributed by atoms with van der Waals surface area (Å²) in [6.07, 6.45) is 1.75. The number of aromatic nitrogens is 1. The van der Waals surface area contributed by atoms with Crippen LogP contribution in [0.5, 0.6) is 23.0 Å². The molecule has 29 heavy (non-hydrogen) atoms. The van der Waals surface area contributed by atoms with Crippen molar-refractivity contribution in [3.05, 3.63) is 77.6 Å². The van der Waals surface area contributed by atoms with E-state index in [1.54, 1.807) is 20.4 Å².